The first-order valence-corrected chi connectivity index (χ1v) is 7.26. The zero-order valence-corrected chi connectivity index (χ0v) is 13.3. The highest BCUT2D eigenvalue weighted by Crippen LogP contribution is 2.21. The van der Waals surface area contributed by atoms with Gasteiger partial charge in [-0.3, -0.25) is 0 Å². The fourth-order valence-electron chi connectivity index (χ4n) is 1.91. The van der Waals surface area contributed by atoms with E-state index in [2.05, 4.69) is 39.9 Å². The molecule has 1 N–H and O–H groups in total. The Morgan fingerprint density at radius 2 is 1.84 bits per heavy atom. The van der Waals surface area contributed by atoms with Crippen LogP contribution in [0.5, 0.6) is 0 Å². The molecule has 1 nitrogen and oxygen atoms in total. The van der Waals surface area contributed by atoms with Gasteiger partial charge in [0.1, 0.15) is 5.82 Å². The van der Waals surface area contributed by atoms with Crippen molar-refractivity contribution < 1.29 is 4.39 Å². The summed E-state index contributed by atoms with van der Waals surface area (Å²) < 4.78 is 13.4. The number of hydrogen-bond donors (Lipinski definition) is 1. The van der Waals surface area contributed by atoms with Gasteiger partial charge in [-0.05, 0) is 63.3 Å². The average molecular weight is 286 g/mol. The molecule has 0 heterocycles. The second-order valence-electron chi connectivity index (χ2n) is 6.54. The van der Waals surface area contributed by atoms with Crippen LogP contribution in [0.4, 0.5) is 4.39 Å². The van der Waals surface area contributed by atoms with Gasteiger partial charge in [0.05, 0.1) is 5.02 Å². The Balaban J connectivity index is 2.53. The molecule has 3 heteroatoms. The molecule has 2 unspecified atom stereocenters. The van der Waals surface area contributed by atoms with Gasteiger partial charge in [0.25, 0.3) is 0 Å². The maximum atomic E-state index is 13.4. The van der Waals surface area contributed by atoms with Gasteiger partial charge >= 0.3 is 0 Å². The lowest BCUT2D eigenvalue weighted by Crippen LogP contribution is -2.40. The van der Waals surface area contributed by atoms with Crippen LogP contribution in [-0.4, -0.2) is 12.1 Å². The molecule has 0 fully saturated rings. The van der Waals surface area contributed by atoms with Crippen molar-refractivity contribution in [2.75, 3.05) is 6.54 Å². The molecule has 0 aliphatic carbocycles. The normalized spacial score (nSPS) is 15.3. The van der Waals surface area contributed by atoms with Crippen LogP contribution in [0.2, 0.25) is 5.02 Å². The second-order valence-corrected chi connectivity index (χ2v) is 6.95. The van der Waals surface area contributed by atoms with Crippen molar-refractivity contribution in [3.05, 3.63) is 34.6 Å². The van der Waals surface area contributed by atoms with Crippen LogP contribution in [0.15, 0.2) is 18.2 Å². The third-order valence-electron chi connectivity index (χ3n) is 3.47. The van der Waals surface area contributed by atoms with Crippen molar-refractivity contribution in [3.63, 3.8) is 0 Å². The molecule has 0 radical (unpaired) electrons. The molecule has 0 aliphatic rings. The van der Waals surface area contributed by atoms with Crippen molar-refractivity contribution in [1.29, 1.82) is 0 Å². The van der Waals surface area contributed by atoms with Crippen LogP contribution in [0.25, 0.3) is 0 Å². The quantitative estimate of drug-likeness (QED) is 0.828. The minimum atomic E-state index is -0.327. The molecule has 1 rings (SSSR count). The molecule has 0 bridgehead atoms. The summed E-state index contributed by atoms with van der Waals surface area (Å²) in [6.07, 6.45) is 0.876. The van der Waals surface area contributed by atoms with E-state index in [1.54, 1.807) is 12.1 Å². The van der Waals surface area contributed by atoms with Crippen LogP contribution >= 0.6 is 11.6 Å². The Bertz CT molecular complexity index is 412. The lowest BCUT2D eigenvalue weighted by Gasteiger charge is -2.26. The van der Waals surface area contributed by atoms with Crippen molar-refractivity contribution in [1.82, 2.24) is 5.32 Å². The monoisotopic (exact) mass is 285 g/mol. The van der Waals surface area contributed by atoms with Crippen LogP contribution < -0.4 is 5.32 Å². The average Bonchev–Trinajstić information content (AvgIpc) is 2.29. The summed E-state index contributed by atoms with van der Waals surface area (Å²) in [4.78, 5) is 0. The highest BCUT2D eigenvalue weighted by molar-refractivity contribution is 6.30. The zero-order chi connectivity index (χ0) is 14.6. The van der Waals surface area contributed by atoms with Gasteiger partial charge in [-0.2, -0.15) is 0 Å². The Morgan fingerprint density at radius 3 is 2.37 bits per heavy atom. The molecule has 1 aromatic carbocycles. The molecule has 0 spiro atoms. The molecule has 19 heavy (non-hydrogen) atoms. The summed E-state index contributed by atoms with van der Waals surface area (Å²) in [6.45, 7) is 11.9. The molecule has 0 amide bonds. The topological polar surface area (TPSA) is 12.0 Å². The minimum Gasteiger partial charge on any atom is -0.312 e. The zero-order valence-electron chi connectivity index (χ0n) is 12.6. The third kappa shape index (κ3) is 5.92. The standard InChI is InChI=1S/C16H25ClFN/c1-11(12(2)10-19-16(3,4)5)8-13-6-7-14(17)15(18)9-13/h6-7,9,11-12,19H,8,10H2,1-5H3. The predicted octanol–water partition coefficient (Wildman–Crippen LogP) is 4.68. The molecular formula is C16H25ClFN. The molecule has 108 valence electrons. The van der Waals surface area contributed by atoms with Crippen LogP contribution in [0, 0.1) is 17.7 Å². The highest BCUT2D eigenvalue weighted by Gasteiger charge is 2.16. The van der Waals surface area contributed by atoms with Gasteiger partial charge in [-0.15, -0.1) is 0 Å². The van der Waals surface area contributed by atoms with E-state index in [0.29, 0.717) is 11.8 Å². The SMILES string of the molecule is CC(CNC(C)(C)C)C(C)Cc1ccc(Cl)c(F)c1. The Morgan fingerprint density at radius 1 is 1.21 bits per heavy atom. The van der Waals surface area contributed by atoms with E-state index < -0.39 is 0 Å². The summed E-state index contributed by atoms with van der Waals surface area (Å²) in [5.74, 6) is 0.709. The van der Waals surface area contributed by atoms with Crippen LogP contribution in [0.3, 0.4) is 0 Å². The fourth-order valence-corrected chi connectivity index (χ4v) is 2.03. The lowest BCUT2D eigenvalue weighted by molar-refractivity contribution is 0.317. The molecule has 2 atom stereocenters. The first-order valence-electron chi connectivity index (χ1n) is 6.88. The van der Waals surface area contributed by atoms with Crippen LogP contribution in [0.1, 0.15) is 40.2 Å². The smallest absolute Gasteiger partial charge is 0.142 e. The molecule has 0 aromatic heterocycles. The summed E-state index contributed by atoms with van der Waals surface area (Å²) in [6, 6.07) is 5.09. The minimum absolute atomic E-state index is 0.139. The van der Waals surface area contributed by atoms with Gasteiger partial charge in [0, 0.05) is 5.54 Å². The summed E-state index contributed by atoms with van der Waals surface area (Å²) in [7, 11) is 0. The van der Waals surface area contributed by atoms with Crippen molar-refractivity contribution in [3.8, 4) is 0 Å². The van der Waals surface area contributed by atoms with Crippen molar-refractivity contribution in [2.24, 2.45) is 11.8 Å². The number of hydrogen-bond acceptors (Lipinski definition) is 1. The van der Waals surface area contributed by atoms with E-state index in [1.165, 1.54) is 0 Å². The molecular weight excluding hydrogens is 261 g/mol. The van der Waals surface area contributed by atoms with Gasteiger partial charge in [-0.25, -0.2) is 4.39 Å². The third-order valence-corrected chi connectivity index (χ3v) is 3.77. The Labute approximate surface area is 121 Å². The molecule has 1 aromatic rings. The number of nitrogens with one attached hydrogen (secondary N) is 1. The molecule has 0 saturated carbocycles. The van der Waals surface area contributed by atoms with Gasteiger partial charge < -0.3 is 5.32 Å². The highest BCUT2D eigenvalue weighted by atomic mass is 35.5. The first-order chi connectivity index (χ1) is 8.69. The van der Waals surface area contributed by atoms with Gasteiger partial charge in [-0.1, -0.05) is 31.5 Å². The van der Waals surface area contributed by atoms with Gasteiger partial charge in [0.2, 0.25) is 0 Å². The van der Waals surface area contributed by atoms with E-state index in [0.717, 1.165) is 18.5 Å². The van der Waals surface area contributed by atoms with E-state index in [-0.39, 0.29) is 16.4 Å². The van der Waals surface area contributed by atoms with E-state index in [1.807, 2.05) is 6.07 Å². The second kappa shape index (κ2) is 6.71. The maximum absolute atomic E-state index is 13.4. The molecule has 0 saturated heterocycles. The van der Waals surface area contributed by atoms with Gasteiger partial charge in [0.15, 0.2) is 0 Å². The van der Waals surface area contributed by atoms with E-state index >= 15 is 0 Å². The summed E-state index contributed by atoms with van der Waals surface area (Å²) >= 11 is 5.69. The van der Waals surface area contributed by atoms with E-state index in [9.17, 15) is 4.39 Å². The van der Waals surface area contributed by atoms with E-state index in [4.69, 9.17) is 11.6 Å². The number of halogens is 2. The maximum Gasteiger partial charge on any atom is 0.142 e. The Hall–Kier alpha value is -0.600. The number of rotatable bonds is 5. The lowest BCUT2D eigenvalue weighted by atomic mass is 9.89. The van der Waals surface area contributed by atoms with Crippen molar-refractivity contribution >= 4 is 11.6 Å². The largest absolute Gasteiger partial charge is 0.312 e. The van der Waals surface area contributed by atoms with Crippen LogP contribution in [-0.2, 0) is 6.42 Å². The predicted molar refractivity (Wildman–Crippen MR) is 81.2 cm³/mol. The number of benzene rings is 1. The fraction of sp³-hybridized carbons (Fsp3) is 0.625. The molecule has 0 aliphatic heterocycles. The summed E-state index contributed by atoms with van der Waals surface area (Å²) in [5.41, 5.74) is 1.15. The summed E-state index contributed by atoms with van der Waals surface area (Å²) in [5, 5.41) is 3.71. The first kappa shape index (κ1) is 16.5. The van der Waals surface area contributed by atoms with Crippen molar-refractivity contribution in [2.45, 2.75) is 46.6 Å². The Kier molecular flexibility index (Phi) is 5.82.